The Balaban J connectivity index is 1.84. The molecule has 0 saturated carbocycles. The number of halogens is 1. The second kappa shape index (κ2) is 6.54. The smallest absolute Gasteiger partial charge is 0.263 e. The van der Waals surface area contributed by atoms with Crippen molar-refractivity contribution in [2.75, 3.05) is 0 Å². The van der Waals surface area contributed by atoms with Gasteiger partial charge in [-0.3, -0.25) is 9.36 Å². The first-order chi connectivity index (χ1) is 12.7. The Hall–Kier alpha value is -3.30. The third-order valence-electron chi connectivity index (χ3n) is 4.19. The first kappa shape index (κ1) is 16.2. The standard InChI is InChI=1S/C20H12FN3OS/c21-16-7-5-13(6-8-16)17-11-26-19-18(17)20(25)24(12-23-19)10-15-4-2-1-3-14(15)9-22/h1-8,11-12H,10H2. The van der Waals surface area contributed by atoms with Crippen LogP contribution in [-0.4, -0.2) is 9.55 Å². The number of rotatable bonds is 3. The van der Waals surface area contributed by atoms with Crippen LogP contribution >= 0.6 is 11.3 Å². The molecule has 0 aliphatic carbocycles. The monoisotopic (exact) mass is 361 g/mol. The molecule has 2 heterocycles. The molecule has 4 nitrogen and oxygen atoms in total. The zero-order valence-electron chi connectivity index (χ0n) is 13.5. The Bertz CT molecular complexity index is 1200. The molecule has 0 radical (unpaired) electrons. The highest BCUT2D eigenvalue weighted by atomic mass is 32.1. The van der Waals surface area contributed by atoms with E-state index in [1.807, 2.05) is 17.5 Å². The van der Waals surface area contributed by atoms with E-state index in [0.29, 0.717) is 15.8 Å². The van der Waals surface area contributed by atoms with Crippen LogP contribution in [0.15, 0.2) is 65.0 Å². The molecule has 26 heavy (non-hydrogen) atoms. The van der Waals surface area contributed by atoms with Gasteiger partial charge in [-0.15, -0.1) is 11.3 Å². The summed E-state index contributed by atoms with van der Waals surface area (Å²) in [4.78, 5) is 18.0. The van der Waals surface area contributed by atoms with Gasteiger partial charge in [0.25, 0.3) is 5.56 Å². The lowest BCUT2D eigenvalue weighted by Crippen LogP contribution is -2.21. The number of thiophene rings is 1. The van der Waals surface area contributed by atoms with Crippen LogP contribution in [0.3, 0.4) is 0 Å². The van der Waals surface area contributed by atoms with Crippen LogP contribution in [0.4, 0.5) is 4.39 Å². The van der Waals surface area contributed by atoms with Crippen molar-refractivity contribution < 1.29 is 4.39 Å². The zero-order valence-corrected chi connectivity index (χ0v) is 14.3. The lowest BCUT2D eigenvalue weighted by atomic mass is 10.1. The Labute approximate surface area is 152 Å². The van der Waals surface area contributed by atoms with E-state index in [2.05, 4.69) is 11.1 Å². The number of aromatic nitrogens is 2. The summed E-state index contributed by atoms with van der Waals surface area (Å²) in [6, 6.07) is 15.4. The minimum Gasteiger partial charge on any atom is -0.294 e. The van der Waals surface area contributed by atoms with Gasteiger partial charge in [-0.2, -0.15) is 5.26 Å². The summed E-state index contributed by atoms with van der Waals surface area (Å²) in [5, 5.41) is 11.6. The lowest BCUT2D eigenvalue weighted by Gasteiger charge is -2.08. The van der Waals surface area contributed by atoms with E-state index in [4.69, 9.17) is 0 Å². The number of hydrogen-bond donors (Lipinski definition) is 0. The minimum atomic E-state index is -0.322. The van der Waals surface area contributed by atoms with Gasteiger partial charge >= 0.3 is 0 Å². The van der Waals surface area contributed by atoms with Crippen molar-refractivity contribution >= 4 is 21.6 Å². The van der Waals surface area contributed by atoms with Gasteiger partial charge in [0.15, 0.2) is 0 Å². The summed E-state index contributed by atoms with van der Waals surface area (Å²) < 4.78 is 14.7. The second-order valence-electron chi connectivity index (χ2n) is 5.78. The highest BCUT2D eigenvalue weighted by molar-refractivity contribution is 7.17. The van der Waals surface area contributed by atoms with Gasteiger partial charge < -0.3 is 0 Å². The van der Waals surface area contributed by atoms with Crippen molar-refractivity contribution in [1.82, 2.24) is 9.55 Å². The summed E-state index contributed by atoms with van der Waals surface area (Å²) in [6.45, 7) is 0.268. The largest absolute Gasteiger partial charge is 0.294 e. The van der Waals surface area contributed by atoms with E-state index in [-0.39, 0.29) is 17.9 Å². The molecule has 0 atom stereocenters. The molecular formula is C20H12FN3OS. The molecule has 4 rings (SSSR count). The molecule has 0 N–H and O–H groups in total. The summed E-state index contributed by atoms with van der Waals surface area (Å²) >= 11 is 1.38. The van der Waals surface area contributed by atoms with Gasteiger partial charge in [0.05, 0.1) is 29.9 Å². The SMILES string of the molecule is N#Cc1ccccc1Cn1cnc2scc(-c3ccc(F)cc3)c2c1=O. The van der Waals surface area contributed by atoms with E-state index in [1.54, 1.807) is 24.3 Å². The average Bonchev–Trinajstić information content (AvgIpc) is 3.10. The number of fused-ring (bicyclic) bond motifs is 1. The molecule has 0 saturated heterocycles. The highest BCUT2D eigenvalue weighted by Gasteiger charge is 2.14. The third-order valence-corrected chi connectivity index (χ3v) is 5.08. The Morgan fingerprint density at radius 2 is 1.92 bits per heavy atom. The van der Waals surface area contributed by atoms with E-state index in [9.17, 15) is 14.4 Å². The Kier molecular flexibility index (Phi) is 4.07. The number of nitriles is 1. The number of hydrogen-bond acceptors (Lipinski definition) is 4. The third kappa shape index (κ3) is 2.79. The predicted molar refractivity (Wildman–Crippen MR) is 99.5 cm³/mol. The average molecular weight is 361 g/mol. The molecular weight excluding hydrogens is 349 g/mol. The van der Waals surface area contributed by atoms with Gasteiger partial charge in [0.2, 0.25) is 0 Å². The van der Waals surface area contributed by atoms with E-state index in [0.717, 1.165) is 16.7 Å². The molecule has 2 aromatic carbocycles. The van der Waals surface area contributed by atoms with Crippen molar-refractivity contribution in [3.05, 3.63) is 87.5 Å². The number of nitrogens with zero attached hydrogens (tertiary/aromatic N) is 3. The Morgan fingerprint density at radius 3 is 2.69 bits per heavy atom. The molecule has 126 valence electrons. The van der Waals surface area contributed by atoms with E-state index in [1.165, 1.54) is 34.4 Å². The van der Waals surface area contributed by atoms with Crippen LogP contribution in [0.2, 0.25) is 0 Å². The van der Waals surface area contributed by atoms with Crippen LogP contribution in [-0.2, 0) is 6.54 Å². The van der Waals surface area contributed by atoms with Gasteiger partial charge in [-0.05, 0) is 29.3 Å². The molecule has 2 aromatic heterocycles. The molecule has 4 aromatic rings. The second-order valence-corrected chi connectivity index (χ2v) is 6.64. The quantitative estimate of drug-likeness (QED) is 0.550. The fourth-order valence-corrected chi connectivity index (χ4v) is 3.78. The fourth-order valence-electron chi connectivity index (χ4n) is 2.87. The molecule has 0 bridgehead atoms. The molecule has 6 heteroatoms. The minimum absolute atomic E-state index is 0.177. The molecule has 0 spiro atoms. The van der Waals surface area contributed by atoms with Gasteiger partial charge in [-0.1, -0.05) is 30.3 Å². The highest BCUT2D eigenvalue weighted by Crippen LogP contribution is 2.30. The lowest BCUT2D eigenvalue weighted by molar-refractivity contribution is 0.628. The van der Waals surface area contributed by atoms with Gasteiger partial charge in [0, 0.05) is 10.9 Å². The predicted octanol–water partition coefficient (Wildman–Crippen LogP) is 4.18. The Morgan fingerprint density at radius 1 is 1.15 bits per heavy atom. The van der Waals surface area contributed by atoms with E-state index >= 15 is 0 Å². The molecule has 0 amide bonds. The maximum Gasteiger partial charge on any atom is 0.263 e. The van der Waals surface area contributed by atoms with Crippen LogP contribution in [0, 0.1) is 17.1 Å². The van der Waals surface area contributed by atoms with Crippen molar-refractivity contribution in [2.24, 2.45) is 0 Å². The first-order valence-electron chi connectivity index (χ1n) is 7.88. The molecule has 0 unspecified atom stereocenters. The first-order valence-corrected chi connectivity index (χ1v) is 8.76. The summed E-state index contributed by atoms with van der Waals surface area (Å²) in [6.07, 6.45) is 1.50. The molecule has 0 aliphatic rings. The maximum atomic E-state index is 13.2. The zero-order chi connectivity index (χ0) is 18.1. The van der Waals surface area contributed by atoms with Gasteiger partial charge in [0.1, 0.15) is 10.6 Å². The van der Waals surface area contributed by atoms with Crippen molar-refractivity contribution in [2.45, 2.75) is 6.54 Å². The van der Waals surface area contributed by atoms with Crippen LogP contribution in [0.5, 0.6) is 0 Å². The summed E-state index contributed by atoms with van der Waals surface area (Å²) in [5.74, 6) is -0.322. The number of benzene rings is 2. The normalized spacial score (nSPS) is 10.8. The van der Waals surface area contributed by atoms with Gasteiger partial charge in [-0.25, -0.2) is 9.37 Å². The van der Waals surface area contributed by atoms with Crippen molar-refractivity contribution in [3.63, 3.8) is 0 Å². The van der Waals surface area contributed by atoms with Crippen molar-refractivity contribution in [1.29, 1.82) is 5.26 Å². The topological polar surface area (TPSA) is 58.7 Å². The van der Waals surface area contributed by atoms with Crippen LogP contribution < -0.4 is 5.56 Å². The molecule has 0 fully saturated rings. The maximum absolute atomic E-state index is 13.2. The van der Waals surface area contributed by atoms with Crippen LogP contribution in [0.25, 0.3) is 21.3 Å². The van der Waals surface area contributed by atoms with Crippen LogP contribution in [0.1, 0.15) is 11.1 Å². The fraction of sp³-hybridized carbons (Fsp3) is 0.0500. The molecule has 0 aliphatic heterocycles. The van der Waals surface area contributed by atoms with Crippen molar-refractivity contribution in [3.8, 4) is 17.2 Å². The summed E-state index contributed by atoms with van der Waals surface area (Å²) in [7, 11) is 0. The van der Waals surface area contributed by atoms with E-state index < -0.39 is 0 Å². The summed E-state index contributed by atoms with van der Waals surface area (Å²) in [5.41, 5.74) is 2.63.